The van der Waals surface area contributed by atoms with Crippen molar-refractivity contribution in [1.82, 2.24) is 10.5 Å². The molecule has 8 heteroatoms. The Kier molecular flexibility index (Phi) is 3.57. The minimum absolute atomic E-state index is 0.123. The summed E-state index contributed by atoms with van der Waals surface area (Å²) in [6.07, 6.45) is 5.14. The van der Waals surface area contributed by atoms with Gasteiger partial charge in [-0.3, -0.25) is 4.68 Å². The number of aromatic nitrogens is 2. The summed E-state index contributed by atoms with van der Waals surface area (Å²) >= 11 is 3.44. The number of nitrogens with zero attached hydrogens (tertiary/aromatic N) is 3. The predicted octanol–water partition coefficient (Wildman–Crippen LogP) is 2.30. The molecule has 0 aromatic carbocycles. The molecule has 0 saturated heterocycles. The Balaban J connectivity index is 2.27. The maximum absolute atomic E-state index is 11.7. The molecule has 0 N–H and O–H groups in total. The summed E-state index contributed by atoms with van der Waals surface area (Å²) in [6.45, 7) is 0. The van der Waals surface area contributed by atoms with Crippen LogP contribution in [0.25, 0.3) is 0 Å². The molecule has 0 unspecified atom stereocenters. The van der Waals surface area contributed by atoms with Gasteiger partial charge in [-0.1, -0.05) is 0.732 Å². The molecule has 5 nitrogen and oxygen atoms in total. The standard InChI is InChI=1S/C7H9I2N3O2S/c8-12(9)15(13,14)7-4-5-11(10-7)6-2-1-3-6/h4-6H,1-3H2. The summed E-state index contributed by atoms with van der Waals surface area (Å²) in [7, 11) is -3.40. The first-order chi connectivity index (χ1) is 7.01. The lowest BCUT2D eigenvalue weighted by Gasteiger charge is -2.25. The first-order valence-electron chi connectivity index (χ1n) is 4.44. The van der Waals surface area contributed by atoms with E-state index in [1.165, 1.54) is 6.42 Å². The Hall–Kier alpha value is 0.580. The van der Waals surface area contributed by atoms with Crippen molar-refractivity contribution >= 4 is 55.8 Å². The van der Waals surface area contributed by atoms with Crippen LogP contribution in [-0.4, -0.2) is 18.9 Å². The van der Waals surface area contributed by atoms with Gasteiger partial charge in [-0.25, -0.2) is 8.42 Å². The van der Waals surface area contributed by atoms with Gasteiger partial charge in [-0.15, -0.1) is 0 Å². The van der Waals surface area contributed by atoms with Gasteiger partial charge in [0.1, 0.15) is 0 Å². The van der Waals surface area contributed by atoms with Gasteiger partial charge < -0.3 is 0 Å². The minimum Gasteiger partial charge on any atom is -0.268 e. The van der Waals surface area contributed by atoms with E-state index in [1.807, 2.05) is 0 Å². The van der Waals surface area contributed by atoms with E-state index in [2.05, 4.69) is 5.10 Å². The third-order valence-corrected chi connectivity index (χ3v) is 6.70. The smallest absolute Gasteiger partial charge is 0.268 e. The second-order valence-electron chi connectivity index (χ2n) is 3.40. The maximum Gasteiger partial charge on any atom is 0.279 e. The molecule has 1 saturated carbocycles. The number of rotatable bonds is 3. The molecule has 0 amide bonds. The SMILES string of the molecule is O=S(=O)(c1ccn(C2CCC2)n1)N(I)I. The van der Waals surface area contributed by atoms with E-state index in [1.54, 1.807) is 62.7 Å². The molecule has 1 heterocycles. The van der Waals surface area contributed by atoms with Crippen molar-refractivity contribution in [2.45, 2.75) is 30.3 Å². The highest BCUT2D eigenvalue weighted by atomic mass is 127. The van der Waals surface area contributed by atoms with Gasteiger partial charge in [-0.05, 0) is 25.3 Å². The second kappa shape index (κ2) is 4.45. The normalized spacial score (nSPS) is 18.1. The fourth-order valence-electron chi connectivity index (χ4n) is 1.38. The van der Waals surface area contributed by atoms with Gasteiger partial charge in [-0.2, -0.15) is 5.10 Å². The molecule has 1 aromatic heterocycles. The van der Waals surface area contributed by atoms with E-state index >= 15 is 0 Å². The Morgan fingerprint density at radius 3 is 2.60 bits per heavy atom. The quantitative estimate of drug-likeness (QED) is 0.522. The van der Waals surface area contributed by atoms with E-state index in [4.69, 9.17) is 0 Å². The van der Waals surface area contributed by atoms with Crippen molar-refractivity contribution in [3.63, 3.8) is 0 Å². The van der Waals surface area contributed by atoms with Gasteiger partial charge in [0.15, 0.2) is 5.03 Å². The van der Waals surface area contributed by atoms with Crippen molar-refractivity contribution in [2.24, 2.45) is 0 Å². The Morgan fingerprint density at radius 2 is 2.13 bits per heavy atom. The molecule has 1 aliphatic carbocycles. The van der Waals surface area contributed by atoms with Crippen LogP contribution in [-0.2, 0) is 10.0 Å². The van der Waals surface area contributed by atoms with Crippen molar-refractivity contribution in [3.05, 3.63) is 12.3 Å². The summed E-state index contributed by atoms with van der Waals surface area (Å²) in [5.74, 6) is 0. The second-order valence-corrected chi connectivity index (χ2v) is 10.2. The van der Waals surface area contributed by atoms with Gasteiger partial charge in [0.25, 0.3) is 10.0 Å². The molecule has 0 bridgehead atoms. The number of hydrogen-bond acceptors (Lipinski definition) is 3. The Bertz CT molecular complexity index is 453. The van der Waals surface area contributed by atoms with Gasteiger partial charge >= 0.3 is 0 Å². The Morgan fingerprint density at radius 1 is 1.47 bits per heavy atom. The molecule has 84 valence electrons. The molecule has 1 aromatic rings. The van der Waals surface area contributed by atoms with Gasteiger partial charge in [0.05, 0.1) is 6.04 Å². The van der Waals surface area contributed by atoms with Crippen LogP contribution < -0.4 is 0 Å². The highest BCUT2D eigenvalue weighted by Crippen LogP contribution is 2.31. The molecule has 0 aliphatic heterocycles. The predicted molar refractivity (Wildman–Crippen MR) is 72.2 cm³/mol. The monoisotopic (exact) mass is 453 g/mol. The molecular weight excluding hydrogens is 444 g/mol. The summed E-state index contributed by atoms with van der Waals surface area (Å²) in [5.41, 5.74) is 0. The summed E-state index contributed by atoms with van der Waals surface area (Å²) in [4.78, 5) is 0. The van der Waals surface area contributed by atoms with E-state index < -0.39 is 10.0 Å². The van der Waals surface area contributed by atoms with Crippen LogP contribution in [0.5, 0.6) is 0 Å². The molecular formula is C7H9I2N3O2S. The number of halogens is 2. The molecule has 1 fully saturated rings. The number of hydrogen-bond donors (Lipinski definition) is 0. The van der Waals surface area contributed by atoms with Crippen molar-refractivity contribution < 1.29 is 8.42 Å². The molecule has 2 rings (SSSR count). The fraction of sp³-hybridized carbons (Fsp3) is 0.571. The fourth-order valence-corrected chi connectivity index (χ4v) is 3.17. The lowest BCUT2D eigenvalue weighted by molar-refractivity contribution is 0.286. The van der Waals surface area contributed by atoms with E-state index in [9.17, 15) is 8.42 Å². The molecule has 15 heavy (non-hydrogen) atoms. The zero-order valence-electron chi connectivity index (χ0n) is 7.68. The number of sulfonamides is 1. The van der Waals surface area contributed by atoms with Crippen molar-refractivity contribution in [2.75, 3.05) is 0 Å². The van der Waals surface area contributed by atoms with Crippen LogP contribution >= 0.6 is 45.7 Å². The third-order valence-electron chi connectivity index (χ3n) is 2.48. The zero-order chi connectivity index (χ0) is 11.1. The first-order valence-corrected chi connectivity index (χ1v) is 7.81. The summed E-state index contributed by atoms with van der Waals surface area (Å²) in [6, 6.07) is 1.95. The average Bonchev–Trinajstić information content (AvgIpc) is 2.50. The largest absolute Gasteiger partial charge is 0.279 e. The van der Waals surface area contributed by atoms with Crippen molar-refractivity contribution in [1.29, 1.82) is 0 Å². The van der Waals surface area contributed by atoms with Crippen LogP contribution in [0, 0.1) is 0 Å². The van der Waals surface area contributed by atoms with Crippen molar-refractivity contribution in [3.8, 4) is 0 Å². The van der Waals surface area contributed by atoms with E-state index in [0.717, 1.165) is 13.6 Å². The molecule has 1 aliphatic rings. The molecule has 0 radical (unpaired) electrons. The van der Waals surface area contributed by atoms with Gasteiger partial charge in [0.2, 0.25) is 0 Å². The third kappa shape index (κ3) is 2.31. The minimum atomic E-state index is -3.40. The van der Waals surface area contributed by atoms with E-state index in [0.29, 0.717) is 6.04 Å². The molecule has 0 atom stereocenters. The highest BCUT2D eigenvalue weighted by molar-refractivity contribution is 14.2. The van der Waals surface area contributed by atoms with Crippen LogP contribution in [0.1, 0.15) is 25.3 Å². The van der Waals surface area contributed by atoms with Crippen LogP contribution in [0.3, 0.4) is 0 Å². The summed E-state index contributed by atoms with van der Waals surface area (Å²) in [5, 5.41) is 4.23. The summed E-state index contributed by atoms with van der Waals surface area (Å²) < 4.78 is 26.3. The van der Waals surface area contributed by atoms with Crippen LogP contribution in [0.4, 0.5) is 0 Å². The first kappa shape index (κ1) is 12.0. The molecule has 0 spiro atoms. The topological polar surface area (TPSA) is 55.2 Å². The van der Waals surface area contributed by atoms with Crippen LogP contribution in [0.15, 0.2) is 17.3 Å². The van der Waals surface area contributed by atoms with E-state index in [-0.39, 0.29) is 5.03 Å². The highest BCUT2D eigenvalue weighted by Gasteiger charge is 2.26. The van der Waals surface area contributed by atoms with Gasteiger partial charge in [0, 0.05) is 51.9 Å². The lowest BCUT2D eigenvalue weighted by atomic mass is 9.93. The van der Waals surface area contributed by atoms with Crippen LogP contribution in [0.2, 0.25) is 0 Å². The maximum atomic E-state index is 11.7. The lowest BCUT2D eigenvalue weighted by Crippen LogP contribution is -2.19. The Labute approximate surface area is 116 Å². The zero-order valence-corrected chi connectivity index (χ0v) is 12.8. The average molecular weight is 453 g/mol.